The Hall–Kier alpha value is -3.59. The Morgan fingerprint density at radius 2 is 0.950 bits per heavy atom. The maximum atomic E-state index is 14.0. The fourth-order valence-electron chi connectivity index (χ4n) is 4.06. The van der Waals surface area contributed by atoms with Gasteiger partial charge in [-0.25, -0.2) is 0 Å². The molecule has 0 amide bonds. The summed E-state index contributed by atoms with van der Waals surface area (Å²) in [7, 11) is 0. The van der Waals surface area contributed by atoms with E-state index in [1.807, 2.05) is 0 Å². The summed E-state index contributed by atoms with van der Waals surface area (Å²) >= 11 is 4.12. The number of benzene rings is 4. The first-order valence-corrected chi connectivity index (χ1v) is 12.6. The van der Waals surface area contributed by atoms with Gasteiger partial charge in [0.2, 0.25) is 5.41 Å². The lowest BCUT2D eigenvalue weighted by Crippen LogP contribution is -2.54. The van der Waals surface area contributed by atoms with Crippen molar-refractivity contribution in [2.45, 2.75) is 48.8 Å². The summed E-state index contributed by atoms with van der Waals surface area (Å²) in [6.07, 6.45) is -11.4. The van der Waals surface area contributed by atoms with Crippen LogP contribution in [0.15, 0.2) is 108 Å². The van der Waals surface area contributed by atoms with Crippen LogP contribution in [0.4, 0.5) is 26.3 Å². The second-order valence-electron chi connectivity index (χ2n) is 10.1. The highest BCUT2D eigenvalue weighted by Crippen LogP contribution is 2.56. The van der Waals surface area contributed by atoms with Crippen LogP contribution in [-0.4, -0.2) is 17.5 Å². The van der Waals surface area contributed by atoms with Gasteiger partial charge in [0.05, 0.1) is 0 Å². The molecule has 40 heavy (non-hydrogen) atoms. The van der Waals surface area contributed by atoms with Crippen LogP contribution < -0.4 is 4.74 Å². The van der Waals surface area contributed by atoms with Gasteiger partial charge in [-0.2, -0.15) is 26.3 Å². The zero-order valence-corrected chi connectivity index (χ0v) is 22.8. The van der Waals surface area contributed by atoms with Gasteiger partial charge < -0.3 is 9.84 Å². The Balaban J connectivity index is 0.000000371. The molecule has 0 saturated carbocycles. The number of alkyl halides is 6. The molecule has 0 aliphatic rings. The van der Waals surface area contributed by atoms with Crippen molar-refractivity contribution in [1.29, 1.82) is 0 Å². The van der Waals surface area contributed by atoms with Crippen molar-refractivity contribution in [2.75, 3.05) is 0 Å². The van der Waals surface area contributed by atoms with Crippen LogP contribution in [0.2, 0.25) is 0 Å². The molecule has 0 aliphatic heterocycles. The first kappa shape index (κ1) is 30.9. The minimum Gasteiger partial charge on any atom is -0.593 e. The summed E-state index contributed by atoms with van der Waals surface area (Å²) in [5.41, 5.74) is -4.58. The Kier molecular flexibility index (Phi) is 9.19. The third kappa shape index (κ3) is 6.94. The summed E-state index contributed by atoms with van der Waals surface area (Å²) in [5.74, 6) is 0.225. The van der Waals surface area contributed by atoms with E-state index in [9.17, 15) is 26.3 Å². The monoisotopic (exact) mass is 579 g/mol. The van der Waals surface area contributed by atoms with Gasteiger partial charge >= 0.3 is 12.4 Å². The van der Waals surface area contributed by atoms with E-state index in [1.165, 1.54) is 5.56 Å². The van der Waals surface area contributed by atoms with Crippen molar-refractivity contribution in [3.8, 4) is 17.2 Å². The van der Waals surface area contributed by atoms with Gasteiger partial charge in [0.1, 0.15) is 11.5 Å². The minimum atomic E-state index is -5.68. The second-order valence-corrected chi connectivity index (χ2v) is 10.6. The van der Waals surface area contributed by atoms with Gasteiger partial charge in [-0.3, -0.25) is 0 Å². The highest BCUT2D eigenvalue weighted by molar-refractivity contribution is 7.80. The molecule has 4 rings (SSSR count). The van der Waals surface area contributed by atoms with Crippen LogP contribution in [0.1, 0.15) is 37.5 Å². The quantitative estimate of drug-likeness (QED) is 0.146. The van der Waals surface area contributed by atoms with Crippen molar-refractivity contribution >= 4 is 12.6 Å². The lowest BCUT2D eigenvalue weighted by Gasteiger charge is -2.38. The predicted molar refractivity (Wildman–Crippen MR) is 148 cm³/mol. The fraction of sp³-hybridized carbons (Fsp3) is 0.226. The third-order valence-corrected chi connectivity index (χ3v) is 6.47. The van der Waals surface area contributed by atoms with E-state index in [0.29, 0.717) is 28.2 Å². The van der Waals surface area contributed by atoms with Crippen LogP contribution in [0.3, 0.4) is 0 Å². The Morgan fingerprint density at radius 1 is 0.550 bits per heavy atom. The maximum absolute atomic E-state index is 14.0. The van der Waals surface area contributed by atoms with Crippen LogP contribution >= 0.6 is 12.6 Å². The first-order valence-electron chi connectivity index (χ1n) is 12.1. The summed E-state index contributed by atoms with van der Waals surface area (Å²) in [4.78, 5) is 0.663. The van der Waals surface area contributed by atoms with Crippen molar-refractivity contribution in [3.05, 3.63) is 120 Å². The molecule has 212 valence electrons. The molecule has 9 heteroatoms. The number of hydrogen-bond donors (Lipinski definition) is 1. The summed E-state index contributed by atoms with van der Waals surface area (Å²) in [5, 5.41) is 7.38. The van der Waals surface area contributed by atoms with Crippen LogP contribution in [0.25, 0.3) is 0 Å². The molecule has 0 heterocycles. The molecular formula is C31H29F6O2S+. The zero-order valence-electron chi connectivity index (χ0n) is 21.9. The Bertz CT molecular complexity index is 1340. The van der Waals surface area contributed by atoms with E-state index in [-0.39, 0.29) is 11.5 Å². The topological polar surface area (TPSA) is 32.1 Å². The van der Waals surface area contributed by atoms with Gasteiger partial charge in [0.15, 0.2) is 0 Å². The van der Waals surface area contributed by atoms with Crippen molar-refractivity contribution in [3.63, 3.8) is 0 Å². The number of halogens is 6. The van der Waals surface area contributed by atoms with Gasteiger partial charge in [0, 0.05) is 17.0 Å². The number of thiol groups is 1. The smallest absolute Gasteiger partial charge is 0.411 e. The molecule has 0 saturated heterocycles. The van der Waals surface area contributed by atoms with Crippen molar-refractivity contribution in [2.24, 2.45) is 0 Å². The normalized spacial score (nSPS) is 12.3. The zero-order chi connectivity index (χ0) is 29.8. The molecule has 0 radical (unpaired) electrons. The van der Waals surface area contributed by atoms with Crippen molar-refractivity contribution in [1.82, 2.24) is 0 Å². The predicted octanol–water partition coefficient (Wildman–Crippen LogP) is 9.60. The molecule has 4 aromatic rings. The number of rotatable bonds is 4. The molecule has 0 fully saturated rings. The van der Waals surface area contributed by atoms with E-state index in [0.717, 1.165) is 36.4 Å². The third-order valence-electron chi connectivity index (χ3n) is 6.17. The molecule has 0 aliphatic carbocycles. The van der Waals surface area contributed by atoms with Crippen LogP contribution in [0.5, 0.6) is 17.2 Å². The van der Waals surface area contributed by atoms with Gasteiger partial charge in [-0.1, -0.05) is 63.2 Å². The van der Waals surface area contributed by atoms with Gasteiger partial charge in [-0.15, -0.1) is 12.6 Å². The summed E-state index contributed by atoms with van der Waals surface area (Å²) in [6, 6.07) is 23.7. The fourth-order valence-corrected chi connectivity index (χ4v) is 4.21. The first-order chi connectivity index (χ1) is 18.6. The Morgan fingerprint density at radius 3 is 1.32 bits per heavy atom. The molecule has 4 aromatic carbocycles. The molecular weight excluding hydrogens is 550 g/mol. The van der Waals surface area contributed by atoms with Crippen LogP contribution in [-0.2, 0) is 10.8 Å². The molecule has 0 spiro atoms. The van der Waals surface area contributed by atoms with E-state index >= 15 is 0 Å². The van der Waals surface area contributed by atoms with E-state index in [1.54, 1.807) is 24.3 Å². The lowest BCUT2D eigenvalue weighted by molar-refractivity contribution is -0.288. The van der Waals surface area contributed by atoms with Crippen molar-refractivity contribution < 1.29 is 36.2 Å². The highest BCUT2D eigenvalue weighted by atomic mass is 32.1. The molecule has 2 N–H and O–H groups in total. The summed E-state index contributed by atoms with van der Waals surface area (Å²) < 4.78 is 89.6. The average molecular weight is 580 g/mol. The van der Waals surface area contributed by atoms with E-state index < -0.39 is 28.9 Å². The molecule has 0 unspecified atom stereocenters. The molecule has 0 atom stereocenters. The Labute approximate surface area is 234 Å². The van der Waals surface area contributed by atoms with Crippen LogP contribution in [0, 0.1) is 0 Å². The standard InChI is InChI=1S/C21H14F6O2S.C10H14/c22-20(23,24)19(21(25,26)27,13-1-5-15(28)6-2-13)14-3-7-16(8-4-14)29-17-9-11-18(30)12-10-17;1-10(2,3)9-7-5-4-6-8-9/h1-12,28,30H;4-8H,1-3H3/p+1. The lowest BCUT2D eigenvalue weighted by atomic mass is 9.73. The minimum absolute atomic E-state index is 0.0745. The van der Waals surface area contributed by atoms with E-state index in [4.69, 9.17) is 9.84 Å². The average Bonchev–Trinajstić information content (AvgIpc) is 2.87. The maximum Gasteiger partial charge on any atom is 0.411 e. The van der Waals surface area contributed by atoms with E-state index in [2.05, 4.69) is 63.7 Å². The summed E-state index contributed by atoms with van der Waals surface area (Å²) in [6.45, 7) is 6.67. The molecule has 0 bridgehead atoms. The largest absolute Gasteiger partial charge is 0.593 e. The number of hydrogen-bond acceptors (Lipinski definition) is 2. The van der Waals surface area contributed by atoms with Gasteiger partial charge in [0.25, 0.3) is 5.75 Å². The van der Waals surface area contributed by atoms with Gasteiger partial charge in [-0.05, 0) is 70.6 Å². The number of ether oxygens (including phenoxy) is 1. The second kappa shape index (κ2) is 11.9. The molecule has 2 nitrogen and oxygen atoms in total. The SMILES string of the molecule is CC(C)(C)c1ccccc1.[OH2+]c1ccc(C(c2ccc(Oc3ccc(S)cc3)cc2)(C(F)(F)F)C(F)(F)F)cc1. The molecule has 0 aromatic heterocycles. The highest BCUT2D eigenvalue weighted by Gasteiger charge is 2.72.